The van der Waals surface area contributed by atoms with Crippen molar-refractivity contribution in [3.8, 4) is 0 Å². The van der Waals surface area contributed by atoms with Gasteiger partial charge in [-0.1, -0.05) is 22.8 Å². The lowest BCUT2D eigenvalue weighted by molar-refractivity contribution is 0.363. The molecule has 4 aromatic rings. The van der Waals surface area contributed by atoms with Crippen LogP contribution in [0.15, 0.2) is 52.0 Å². The van der Waals surface area contributed by atoms with Gasteiger partial charge in [-0.3, -0.25) is 9.36 Å². The second kappa shape index (κ2) is 6.84. The minimum atomic E-state index is -0.247. The molecular weight excluding hydrogens is 423 g/mol. The average molecular weight is 439 g/mol. The number of piperidine rings is 1. The van der Waals surface area contributed by atoms with Crippen molar-refractivity contribution in [2.24, 2.45) is 11.8 Å². The Balaban J connectivity index is 1.16. The third-order valence-electron chi connectivity index (χ3n) is 6.11. The highest BCUT2D eigenvalue weighted by Crippen LogP contribution is 2.57. The average Bonchev–Trinajstić information content (AvgIpc) is 3.08. The summed E-state index contributed by atoms with van der Waals surface area (Å²) in [6.45, 7) is 1.81. The van der Waals surface area contributed by atoms with Gasteiger partial charge in [0.2, 0.25) is 5.89 Å². The van der Waals surface area contributed by atoms with Crippen LogP contribution in [0.2, 0.25) is 5.15 Å². The van der Waals surface area contributed by atoms with Crippen LogP contribution < -0.4 is 10.5 Å². The summed E-state index contributed by atoms with van der Waals surface area (Å²) in [7, 11) is 0. The predicted octanol–water partition coefficient (Wildman–Crippen LogP) is 2.87. The molecule has 1 saturated carbocycles. The normalized spacial score (nSPS) is 22.1. The first-order valence-corrected chi connectivity index (χ1v) is 10.3. The minimum Gasteiger partial charge on any atom is -0.371 e. The van der Waals surface area contributed by atoms with Crippen molar-refractivity contribution in [2.75, 3.05) is 18.0 Å². The molecule has 8 nitrogen and oxygen atoms in total. The molecule has 1 saturated heterocycles. The monoisotopic (exact) mass is 438 g/mol. The molecule has 1 unspecified atom stereocenters. The van der Waals surface area contributed by atoms with Crippen molar-refractivity contribution in [3.05, 3.63) is 75.8 Å². The molecule has 6 rings (SSSR count). The SMILES string of the molecule is O=c1c2ccc(Cl)nc2ncn1Cc1nc(C2[C@H]3CN(c4cccc(F)c4)C[C@@H]23)no1. The van der Waals surface area contributed by atoms with Gasteiger partial charge in [-0.25, -0.2) is 14.4 Å². The molecule has 0 bridgehead atoms. The van der Waals surface area contributed by atoms with E-state index in [-0.39, 0.29) is 29.0 Å². The number of rotatable bonds is 4. The Kier molecular flexibility index (Phi) is 4.07. The summed E-state index contributed by atoms with van der Waals surface area (Å²) in [4.78, 5) is 27.6. The lowest BCUT2D eigenvalue weighted by Gasteiger charge is -2.21. The fourth-order valence-corrected chi connectivity index (χ4v) is 4.68. The molecule has 3 atom stereocenters. The first kappa shape index (κ1) is 18.4. The standard InChI is InChI=1S/C21H16ClFN6O2/c22-16-5-4-13-19(25-16)24-10-29(21(13)30)9-17-26-20(27-31-17)18-14-7-28(8-15(14)18)12-3-1-2-11(23)6-12/h1-6,10,14-15,18H,7-9H2/t14-,15+,18?. The highest BCUT2D eigenvalue weighted by molar-refractivity contribution is 6.29. The number of fused-ring (bicyclic) bond motifs is 2. The van der Waals surface area contributed by atoms with Gasteiger partial charge in [0.25, 0.3) is 5.56 Å². The maximum atomic E-state index is 13.5. The van der Waals surface area contributed by atoms with Crippen LogP contribution in [0.4, 0.5) is 10.1 Å². The van der Waals surface area contributed by atoms with Crippen molar-refractivity contribution in [1.82, 2.24) is 24.7 Å². The number of pyridine rings is 1. The molecule has 0 radical (unpaired) electrons. The van der Waals surface area contributed by atoms with E-state index in [1.807, 2.05) is 6.07 Å². The van der Waals surface area contributed by atoms with Crippen LogP contribution in [0.3, 0.4) is 0 Å². The van der Waals surface area contributed by atoms with Gasteiger partial charge in [-0.15, -0.1) is 0 Å². The minimum absolute atomic E-state index is 0.134. The molecule has 3 aromatic heterocycles. The van der Waals surface area contributed by atoms with Gasteiger partial charge in [0.1, 0.15) is 23.8 Å². The summed E-state index contributed by atoms with van der Waals surface area (Å²) in [5, 5.41) is 4.80. The number of nitrogens with zero attached hydrogens (tertiary/aromatic N) is 6. The van der Waals surface area contributed by atoms with E-state index in [2.05, 4.69) is 25.0 Å². The summed E-state index contributed by atoms with van der Waals surface area (Å²) in [6.07, 6.45) is 1.40. The predicted molar refractivity (Wildman–Crippen MR) is 111 cm³/mol. The number of aromatic nitrogens is 5. The molecule has 0 spiro atoms. The zero-order valence-corrected chi connectivity index (χ0v) is 16.9. The largest absolute Gasteiger partial charge is 0.371 e. The van der Waals surface area contributed by atoms with Crippen LogP contribution in [-0.2, 0) is 6.54 Å². The second-order valence-corrected chi connectivity index (χ2v) is 8.35. The van der Waals surface area contributed by atoms with E-state index in [4.69, 9.17) is 16.1 Å². The highest BCUT2D eigenvalue weighted by Gasteiger charge is 2.58. The summed E-state index contributed by atoms with van der Waals surface area (Å²) in [5.74, 6) is 1.88. The van der Waals surface area contributed by atoms with E-state index >= 15 is 0 Å². The molecule has 4 heterocycles. The van der Waals surface area contributed by atoms with Gasteiger partial charge in [-0.05, 0) is 42.2 Å². The quantitative estimate of drug-likeness (QED) is 0.452. The fraction of sp³-hybridized carbons (Fsp3) is 0.286. The molecule has 156 valence electrons. The Morgan fingerprint density at radius 2 is 2.00 bits per heavy atom. The maximum Gasteiger partial charge on any atom is 0.263 e. The Hall–Kier alpha value is -3.33. The van der Waals surface area contributed by atoms with E-state index in [1.165, 1.54) is 17.0 Å². The zero-order chi connectivity index (χ0) is 21.1. The molecule has 10 heteroatoms. The van der Waals surface area contributed by atoms with E-state index in [9.17, 15) is 9.18 Å². The van der Waals surface area contributed by atoms with Crippen molar-refractivity contribution < 1.29 is 8.91 Å². The summed E-state index contributed by atoms with van der Waals surface area (Å²) in [5.41, 5.74) is 0.954. The van der Waals surface area contributed by atoms with Crippen LogP contribution in [0.1, 0.15) is 17.6 Å². The Morgan fingerprint density at radius 3 is 2.81 bits per heavy atom. The number of benzene rings is 1. The van der Waals surface area contributed by atoms with E-state index in [1.54, 1.807) is 24.3 Å². The molecule has 1 aliphatic heterocycles. The molecule has 1 aliphatic carbocycles. The van der Waals surface area contributed by atoms with Crippen LogP contribution in [0, 0.1) is 17.7 Å². The smallest absolute Gasteiger partial charge is 0.263 e. The molecule has 0 N–H and O–H groups in total. The molecule has 2 fully saturated rings. The lowest BCUT2D eigenvalue weighted by Crippen LogP contribution is -2.23. The van der Waals surface area contributed by atoms with Crippen molar-refractivity contribution in [1.29, 1.82) is 0 Å². The molecular formula is C21H16ClFN6O2. The van der Waals surface area contributed by atoms with E-state index in [0.29, 0.717) is 34.6 Å². The number of hydrogen-bond acceptors (Lipinski definition) is 7. The van der Waals surface area contributed by atoms with Gasteiger partial charge in [0.05, 0.1) is 5.39 Å². The van der Waals surface area contributed by atoms with E-state index < -0.39 is 0 Å². The van der Waals surface area contributed by atoms with Crippen LogP contribution >= 0.6 is 11.6 Å². The van der Waals surface area contributed by atoms with Crippen molar-refractivity contribution in [2.45, 2.75) is 12.5 Å². The van der Waals surface area contributed by atoms with Crippen LogP contribution in [0.5, 0.6) is 0 Å². The maximum absolute atomic E-state index is 13.5. The van der Waals surface area contributed by atoms with Gasteiger partial charge >= 0.3 is 0 Å². The third-order valence-corrected chi connectivity index (χ3v) is 6.32. The Bertz CT molecular complexity index is 1360. The summed E-state index contributed by atoms with van der Waals surface area (Å²) < 4.78 is 20.3. The first-order valence-electron chi connectivity index (χ1n) is 9.91. The Morgan fingerprint density at radius 1 is 1.16 bits per heavy atom. The van der Waals surface area contributed by atoms with Gasteiger partial charge in [0, 0.05) is 24.7 Å². The van der Waals surface area contributed by atoms with Gasteiger partial charge in [-0.2, -0.15) is 4.98 Å². The Labute approximate surface area is 180 Å². The summed E-state index contributed by atoms with van der Waals surface area (Å²) in [6, 6.07) is 9.82. The first-order chi connectivity index (χ1) is 15.1. The third kappa shape index (κ3) is 3.16. The molecule has 0 amide bonds. The van der Waals surface area contributed by atoms with Gasteiger partial charge < -0.3 is 9.42 Å². The van der Waals surface area contributed by atoms with Crippen LogP contribution in [0.25, 0.3) is 11.0 Å². The van der Waals surface area contributed by atoms with E-state index in [0.717, 1.165) is 18.8 Å². The molecule has 31 heavy (non-hydrogen) atoms. The zero-order valence-electron chi connectivity index (χ0n) is 16.2. The summed E-state index contributed by atoms with van der Waals surface area (Å²) >= 11 is 5.86. The van der Waals surface area contributed by atoms with Crippen LogP contribution in [-0.4, -0.2) is 37.8 Å². The number of anilines is 1. The number of hydrogen-bond donors (Lipinski definition) is 0. The second-order valence-electron chi connectivity index (χ2n) is 7.97. The van der Waals surface area contributed by atoms with Crippen molar-refractivity contribution >= 4 is 28.3 Å². The van der Waals surface area contributed by atoms with Crippen molar-refractivity contribution in [3.63, 3.8) is 0 Å². The lowest BCUT2D eigenvalue weighted by atomic mass is 10.2. The number of halogens is 2. The van der Waals surface area contributed by atoms with Gasteiger partial charge in [0.15, 0.2) is 11.5 Å². The molecule has 2 aliphatic rings. The molecule has 1 aromatic carbocycles. The highest BCUT2D eigenvalue weighted by atomic mass is 35.5. The fourth-order valence-electron chi connectivity index (χ4n) is 4.54. The topological polar surface area (TPSA) is 89.9 Å².